The van der Waals surface area contributed by atoms with Crippen molar-refractivity contribution in [1.29, 1.82) is 0 Å². The summed E-state index contributed by atoms with van der Waals surface area (Å²) >= 11 is 4.22. The molecule has 0 aliphatic rings. The molecule has 0 radical (unpaired) electrons. The first-order chi connectivity index (χ1) is 4.75. The summed E-state index contributed by atoms with van der Waals surface area (Å²) in [5, 5.41) is 0. The van der Waals surface area contributed by atoms with Gasteiger partial charge in [-0.25, -0.2) is 0 Å². The van der Waals surface area contributed by atoms with Gasteiger partial charge in [0.05, 0.1) is 45.7 Å². The minimum Gasteiger partial charge on any atom is -0.271 e. The topological polar surface area (TPSA) is 17.3 Å². The van der Waals surface area contributed by atoms with Crippen molar-refractivity contribution in [1.82, 2.24) is 2.78 Å². The lowest BCUT2D eigenvalue weighted by molar-refractivity contribution is 1.09. The second-order valence-electron chi connectivity index (χ2n) is 1.89. The number of hydrogen-bond acceptors (Lipinski definition) is 1. The fraction of sp³-hybridized carbons (Fsp3) is 0.167. The Hall–Kier alpha value is 0.410. The molecule has 1 rings (SSSR count). The molecule has 1 heterocycles. The number of halogens is 2. The molecular formula is C6H6I2N2. The highest BCUT2D eigenvalue weighted by molar-refractivity contribution is 14.1. The highest BCUT2D eigenvalue weighted by atomic mass is 127. The Morgan fingerprint density at radius 3 is 2.70 bits per heavy atom. The molecule has 0 aliphatic carbocycles. The molecule has 0 unspecified atom stereocenters. The van der Waals surface area contributed by atoms with Gasteiger partial charge in [0, 0.05) is 5.69 Å². The largest absolute Gasteiger partial charge is 0.271 e. The molecule has 0 amide bonds. The Kier molecular flexibility index (Phi) is 3.15. The van der Waals surface area contributed by atoms with Crippen molar-refractivity contribution in [3.8, 4) is 0 Å². The highest BCUT2D eigenvalue weighted by Crippen LogP contribution is 1.97. The average Bonchev–Trinajstić information content (AvgIpc) is 1.95. The Bertz CT molecular complexity index is 290. The summed E-state index contributed by atoms with van der Waals surface area (Å²) in [6.45, 7) is 2.05. The van der Waals surface area contributed by atoms with E-state index in [1.54, 1.807) is 0 Å². The zero-order valence-electron chi connectivity index (χ0n) is 5.38. The van der Waals surface area contributed by atoms with E-state index in [2.05, 4.69) is 39.1 Å². The SMILES string of the molecule is Cc1cccc(=NI)n1I. The Morgan fingerprint density at radius 2 is 2.20 bits per heavy atom. The first kappa shape index (κ1) is 8.51. The molecule has 0 saturated carbocycles. The van der Waals surface area contributed by atoms with E-state index >= 15 is 0 Å². The van der Waals surface area contributed by atoms with Gasteiger partial charge in [0.15, 0.2) is 0 Å². The van der Waals surface area contributed by atoms with Gasteiger partial charge in [0.2, 0.25) is 0 Å². The number of rotatable bonds is 0. The van der Waals surface area contributed by atoms with Crippen LogP contribution < -0.4 is 5.49 Å². The molecule has 0 fully saturated rings. The number of pyridine rings is 1. The fourth-order valence-corrected chi connectivity index (χ4v) is 1.87. The first-order valence-corrected chi connectivity index (χ1v) is 4.68. The summed E-state index contributed by atoms with van der Waals surface area (Å²) in [6.07, 6.45) is 0. The van der Waals surface area contributed by atoms with Gasteiger partial charge in [-0.2, -0.15) is 3.21 Å². The van der Waals surface area contributed by atoms with Crippen LogP contribution in [0.3, 0.4) is 0 Å². The van der Waals surface area contributed by atoms with Crippen molar-refractivity contribution in [2.24, 2.45) is 3.21 Å². The van der Waals surface area contributed by atoms with E-state index in [-0.39, 0.29) is 0 Å². The van der Waals surface area contributed by atoms with Crippen LogP contribution in [0.15, 0.2) is 21.4 Å². The van der Waals surface area contributed by atoms with Crippen molar-refractivity contribution in [2.45, 2.75) is 6.92 Å². The zero-order chi connectivity index (χ0) is 7.56. The molecular weight excluding hydrogens is 354 g/mol. The molecule has 2 nitrogen and oxygen atoms in total. The lowest BCUT2D eigenvalue weighted by Crippen LogP contribution is -2.12. The number of aromatic nitrogens is 1. The molecule has 0 N–H and O–H groups in total. The van der Waals surface area contributed by atoms with Crippen LogP contribution in [-0.2, 0) is 0 Å². The summed E-state index contributed by atoms with van der Waals surface area (Å²) in [5.41, 5.74) is 2.19. The van der Waals surface area contributed by atoms with Gasteiger partial charge in [-0.1, -0.05) is 6.07 Å². The lowest BCUT2D eigenvalue weighted by atomic mass is 10.4. The predicted molar refractivity (Wildman–Crippen MR) is 58.2 cm³/mol. The van der Waals surface area contributed by atoms with Crippen LogP contribution in [0.25, 0.3) is 0 Å². The fourth-order valence-electron chi connectivity index (χ4n) is 0.646. The summed E-state index contributed by atoms with van der Waals surface area (Å²) in [6, 6.07) is 6.03. The van der Waals surface area contributed by atoms with E-state index in [1.807, 2.05) is 37.8 Å². The maximum Gasteiger partial charge on any atom is 0.147 e. The Morgan fingerprint density at radius 1 is 1.50 bits per heavy atom. The van der Waals surface area contributed by atoms with Crippen LogP contribution in [0, 0.1) is 6.92 Å². The molecule has 0 saturated heterocycles. The average molecular weight is 360 g/mol. The third kappa shape index (κ3) is 1.71. The Labute approximate surface area is 87.4 Å². The van der Waals surface area contributed by atoms with Gasteiger partial charge < -0.3 is 0 Å². The molecule has 10 heavy (non-hydrogen) atoms. The molecule has 0 bridgehead atoms. The van der Waals surface area contributed by atoms with Crippen LogP contribution in [0.4, 0.5) is 0 Å². The quantitative estimate of drug-likeness (QED) is 0.632. The normalized spacial score (nSPS) is 12.1. The number of aryl methyl sites for hydroxylation is 1. The van der Waals surface area contributed by atoms with E-state index in [0.717, 1.165) is 5.49 Å². The lowest BCUT2D eigenvalue weighted by Gasteiger charge is -1.98. The van der Waals surface area contributed by atoms with E-state index in [1.165, 1.54) is 5.69 Å². The Balaban J connectivity index is 3.43. The van der Waals surface area contributed by atoms with Crippen molar-refractivity contribution in [3.63, 3.8) is 0 Å². The zero-order valence-corrected chi connectivity index (χ0v) is 9.70. The third-order valence-electron chi connectivity index (χ3n) is 1.18. The number of nitrogens with zero attached hydrogens (tertiary/aromatic N) is 2. The smallest absolute Gasteiger partial charge is 0.147 e. The van der Waals surface area contributed by atoms with Crippen LogP contribution >= 0.6 is 45.7 Å². The molecule has 54 valence electrons. The van der Waals surface area contributed by atoms with Crippen molar-refractivity contribution in [2.75, 3.05) is 0 Å². The summed E-state index contributed by atoms with van der Waals surface area (Å²) < 4.78 is 6.07. The summed E-state index contributed by atoms with van der Waals surface area (Å²) in [7, 11) is 0. The van der Waals surface area contributed by atoms with Crippen molar-refractivity contribution in [3.05, 3.63) is 29.4 Å². The van der Waals surface area contributed by atoms with E-state index in [9.17, 15) is 0 Å². The van der Waals surface area contributed by atoms with Crippen LogP contribution in [0.2, 0.25) is 0 Å². The second-order valence-corrected chi connectivity index (χ2v) is 3.34. The molecule has 0 aromatic carbocycles. The van der Waals surface area contributed by atoms with E-state index in [4.69, 9.17) is 0 Å². The molecule has 0 atom stereocenters. The second kappa shape index (κ2) is 3.70. The van der Waals surface area contributed by atoms with E-state index in [0.29, 0.717) is 0 Å². The monoisotopic (exact) mass is 360 g/mol. The molecule has 1 aromatic rings. The van der Waals surface area contributed by atoms with Crippen molar-refractivity contribution >= 4 is 45.7 Å². The summed E-state index contributed by atoms with van der Waals surface area (Å²) in [4.78, 5) is 0. The maximum absolute atomic E-state index is 4.06. The van der Waals surface area contributed by atoms with Crippen LogP contribution in [-0.4, -0.2) is 2.78 Å². The standard InChI is InChI=1S/C6H6I2N2/c1-5-3-2-4-6(9-7)10(5)8/h2-4H,1H3. The van der Waals surface area contributed by atoms with Gasteiger partial charge in [0.25, 0.3) is 0 Å². The third-order valence-corrected chi connectivity index (χ3v) is 2.93. The maximum atomic E-state index is 4.06. The van der Waals surface area contributed by atoms with Gasteiger partial charge in [0.1, 0.15) is 5.49 Å². The summed E-state index contributed by atoms with van der Waals surface area (Å²) in [5.74, 6) is 0. The minimum absolute atomic E-state index is 0.987. The van der Waals surface area contributed by atoms with Gasteiger partial charge in [-0.05, 0) is 19.1 Å². The van der Waals surface area contributed by atoms with Crippen LogP contribution in [0.1, 0.15) is 5.69 Å². The molecule has 0 aliphatic heterocycles. The van der Waals surface area contributed by atoms with Crippen LogP contribution in [0.5, 0.6) is 0 Å². The van der Waals surface area contributed by atoms with Gasteiger partial charge in [-0.15, -0.1) is 0 Å². The number of hydrogen-bond donors (Lipinski definition) is 0. The molecule has 0 spiro atoms. The van der Waals surface area contributed by atoms with Gasteiger partial charge >= 0.3 is 0 Å². The molecule has 4 heteroatoms. The predicted octanol–water partition coefficient (Wildman–Crippen LogP) is 2.25. The first-order valence-electron chi connectivity index (χ1n) is 2.75. The molecule has 1 aromatic heterocycles. The highest BCUT2D eigenvalue weighted by Gasteiger charge is 1.89. The minimum atomic E-state index is 0.987. The van der Waals surface area contributed by atoms with Gasteiger partial charge in [-0.3, -0.25) is 2.78 Å². The van der Waals surface area contributed by atoms with Crippen molar-refractivity contribution < 1.29 is 0 Å². The van der Waals surface area contributed by atoms with E-state index < -0.39 is 0 Å².